The van der Waals surface area contributed by atoms with Crippen LogP contribution < -0.4 is 15.2 Å². The summed E-state index contributed by atoms with van der Waals surface area (Å²) in [5, 5.41) is 0. The largest absolute Gasteiger partial charge is 0.573 e. The predicted molar refractivity (Wildman–Crippen MR) is 81.9 cm³/mol. The molecule has 0 spiro atoms. The summed E-state index contributed by atoms with van der Waals surface area (Å²) in [5.41, 5.74) is 7.65. The zero-order chi connectivity index (χ0) is 16.9. The van der Waals surface area contributed by atoms with Crippen LogP contribution in [0, 0.1) is 0 Å². The van der Waals surface area contributed by atoms with Gasteiger partial charge in [-0.3, -0.25) is 0 Å². The van der Waals surface area contributed by atoms with Crippen molar-refractivity contribution in [2.75, 3.05) is 0 Å². The minimum atomic E-state index is -4.74. The van der Waals surface area contributed by atoms with Gasteiger partial charge in [-0.1, -0.05) is 36.9 Å². The summed E-state index contributed by atoms with van der Waals surface area (Å²) < 4.78 is 46.6. The quantitative estimate of drug-likeness (QED) is 0.863. The topological polar surface area (TPSA) is 44.5 Å². The molecule has 0 saturated carbocycles. The van der Waals surface area contributed by atoms with Crippen LogP contribution in [-0.2, 0) is 13.2 Å². The SMILES string of the molecule is C=Cc1ccc(OC(F)(F)F)cc1COc1ccccc1CN. The Morgan fingerprint density at radius 1 is 1.09 bits per heavy atom. The Morgan fingerprint density at radius 2 is 1.83 bits per heavy atom. The summed E-state index contributed by atoms with van der Waals surface area (Å²) in [6, 6.07) is 11.2. The summed E-state index contributed by atoms with van der Waals surface area (Å²) in [6.07, 6.45) is -3.19. The number of para-hydroxylation sites is 1. The highest BCUT2D eigenvalue weighted by atomic mass is 19.4. The molecule has 2 N–H and O–H groups in total. The number of alkyl halides is 3. The van der Waals surface area contributed by atoms with E-state index in [2.05, 4.69) is 11.3 Å². The smallest absolute Gasteiger partial charge is 0.489 e. The van der Waals surface area contributed by atoms with Gasteiger partial charge in [-0.2, -0.15) is 0 Å². The van der Waals surface area contributed by atoms with Gasteiger partial charge in [0.25, 0.3) is 0 Å². The first-order chi connectivity index (χ1) is 10.9. The van der Waals surface area contributed by atoms with Crippen LogP contribution in [0.3, 0.4) is 0 Å². The van der Waals surface area contributed by atoms with Gasteiger partial charge < -0.3 is 15.2 Å². The fourth-order valence-electron chi connectivity index (χ4n) is 2.07. The van der Waals surface area contributed by atoms with Crippen molar-refractivity contribution in [3.63, 3.8) is 0 Å². The second-order valence-corrected chi connectivity index (χ2v) is 4.71. The molecule has 0 aliphatic heterocycles. The van der Waals surface area contributed by atoms with Crippen LogP contribution in [0.25, 0.3) is 6.08 Å². The van der Waals surface area contributed by atoms with Gasteiger partial charge in [0.15, 0.2) is 0 Å². The zero-order valence-corrected chi connectivity index (χ0v) is 12.3. The van der Waals surface area contributed by atoms with Gasteiger partial charge in [0, 0.05) is 17.7 Å². The molecule has 0 fully saturated rings. The number of benzene rings is 2. The molecule has 2 aromatic rings. The number of nitrogens with two attached hydrogens (primary N) is 1. The highest BCUT2D eigenvalue weighted by Gasteiger charge is 2.31. The number of rotatable bonds is 6. The lowest BCUT2D eigenvalue weighted by molar-refractivity contribution is -0.274. The third-order valence-electron chi connectivity index (χ3n) is 3.14. The fraction of sp³-hybridized carbons (Fsp3) is 0.176. The number of ether oxygens (including phenoxy) is 2. The van der Waals surface area contributed by atoms with Crippen molar-refractivity contribution >= 4 is 6.08 Å². The fourth-order valence-corrected chi connectivity index (χ4v) is 2.07. The molecule has 6 heteroatoms. The Hall–Kier alpha value is -2.47. The molecule has 2 rings (SSSR count). The minimum absolute atomic E-state index is 0.0768. The molecule has 0 bridgehead atoms. The van der Waals surface area contributed by atoms with E-state index in [4.69, 9.17) is 10.5 Å². The predicted octanol–water partition coefficient (Wildman–Crippen LogP) is 4.27. The second-order valence-electron chi connectivity index (χ2n) is 4.71. The zero-order valence-electron chi connectivity index (χ0n) is 12.3. The van der Waals surface area contributed by atoms with Crippen molar-refractivity contribution in [2.24, 2.45) is 5.73 Å². The maximum Gasteiger partial charge on any atom is 0.573 e. The lowest BCUT2D eigenvalue weighted by Crippen LogP contribution is -2.17. The average molecular weight is 323 g/mol. The van der Waals surface area contributed by atoms with E-state index in [1.54, 1.807) is 18.2 Å². The van der Waals surface area contributed by atoms with Crippen molar-refractivity contribution in [3.8, 4) is 11.5 Å². The van der Waals surface area contributed by atoms with Crippen LogP contribution >= 0.6 is 0 Å². The minimum Gasteiger partial charge on any atom is -0.489 e. The van der Waals surface area contributed by atoms with Crippen LogP contribution in [0.5, 0.6) is 11.5 Å². The van der Waals surface area contributed by atoms with E-state index in [0.717, 1.165) is 5.56 Å². The average Bonchev–Trinajstić information content (AvgIpc) is 2.51. The molecule has 0 radical (unpaired) electrons. The van der Waals surface area contributed by atoms with E-state index in [1.807, 2.05) is 12.1 Å². The first-order valence-corrected chi connectivity index (χ1v) is 6.85. The molecule has 0 aromatic heterocycles. The van der Waals surface area contributed by atoms with Crippen LogP contribution in [0.1, 0.15) is 16.7 Å². The highest BCUT2D eigenvalue weighted by molar-refractivity contribution is 5.54. The van der Waals surface area contributed by atoms with Crippen molar-refractivity contribution in [1.82, 2.24) is 0 Å². The van der Waals surface area contributed by atoms with Gasteiger partial charge in [-0.25, -0.2) is 0 Å². The summed E-state index contributed by atoms with van der Waals surface area (Å²) in [7, 11) is 0. The Balaban J connectivity index is 2.20. The third-order valence-corrected chi connectivity index (χ3v) is 3.14. The molecule has 0 aliphatic rings. The Morgan fingerprint density at radius 3 is 2.48 bits per heavy atom. The highest BCUT2D eigenvalue weighted by Crippen LogP contribution is 2.27. The van der Waals surface area contributed by atoms with Crippen LogP contribution in [-0.4, -0.2) is 6.36 Å². The van der Waals surface area contributed by atoms with E-state index >= 15 is 0 Å². The van der Waals surface area contributed by atoms with E-state index in [9.17, 15) is 13.2 Å². The standard InChI is InChI=1S/C17H16F3NO2/c1-2-12-7-8-15(23-17(18,19)20)9-14(12)11-22-16-6-4-3-5-13(16)10-21/h2-9H,1,10-11,21H2. The molecule has 23 heavy (non-hydrogen) atoms. The third kappa shape index (κ3) is 4.75. The molecule has 0 aliphatic carbocycles. The summed E-state index contributed by atoms with van der Waals surface area (Å²) in [5.74, 6) is 0.293. The van der Waals surface area contributed by atoms with Crippen LogP contribution in [0.15, 0.2) is 49.0 Å². The second kappa shape index (κ2) is 7.19. The maximum absolute atomic E-state index is 12.3. The molecular weight excluding hydrogens is 307 g/mol. The molecule has 0 amide bonds. The lowest BCUT2D eigenvalue weighted by Gasteiger charge is -2.14. The summed E-state index contributed by atoms with van der Waals surface area (Å²) >= 11 is 0. The molecular formula is C17H16F3NO2. The number of hydrogen-bond donors (Lipinski definition) is 1. The molecule has 0 atom stereocenters. The number of halogens is 3. The van der Waals surface area contributed by atoms with E-state index < -0.39 is 6.36 Å². The first-order valence-electron chi connectivity index (χ1n) is 6.85. The summed E-state index contributed by atoms with van der Waals surface area (Å²) in [4.78, 5) is 0. The van der Waals surface area contributed by atoms with Crippen LogP contribution in [0.2, 0.25) is 0 Å². The van der Waals surface area contributed by atoms with Crippen molar-refractivity contribution in [1.29, 1.82) is 0 Å². The Kier molecular flexibility index (Phi) is 5.28. The van der Waals surface area contributed by atoms with Gasteiger partial charge in [0.2, 0.25) is 0 Å². The van der Waals surface area contributed by atoms with Crippen LogP contribution in [0.4, 0.5) is 13.2 Å². The Bertz CT molecular complexity index is 684. The van der Waals surface area contributed by atoms with E-state index in [-0.39, 0.29) is 12.4 Å². The lowest BCUT2D eigenvalue weighted by atomic mass is 10.1. The first kappa shape index (κ1) is 16.9. The monoisotopic (exact) mass is 323 g/mol. The maximum atomic E-state index is 12.3. The van der Waals surface area contributed by atoms with Gasteiger partial charge in [0.1, 0.15) is 18.1 Å². The van der Waals surface area contributed by atoms with Gasteiger partial charge >= 0.3 is 6.36 Å². The Labute approximate surface area is 132 Å². The molecule has 0 heterocycles. The summed E-state index contributed by atoms with van der Waals surface area (Å²) in [6.45, 7) is 4.03. The van der Waals surface area contributed by atoms with Gasteiger partial charge in [-0.15, -0.1) is 13.2 Å². The molecule has 122 valence electrons. The van der Waals surface area contributed by atoms with Crippen molar-refractivity contribution in [2.45, 2.75) is 19.5 Å². The molecule has 3 nitrogen and oxygen atoms in total. The molecule has 0 saturated heterocycles. The van der Waals surface area contributed by atoms with E-state index in [0.29, 0.717) is 23.4 Å². The molecule has 2 aromatic carbocycles. The normalized spacial score (nSPS) is 11.1. The van der Waals surface area contributed by atoms with Gasteiger partial charge in [-0.05, 0) is 23.8 Å². The van der Waals surface area contributed by atoms with E-state index in [1.165, 1.54) is 18.2 Å². The number of hydrogen-bond acceptors (Lipinski definition) is 3. The van der Waals surface area contributed by atoms with Gasteiger partial charge in [0.05, 0.1) is 0 Å². The van der Waals surface area contributed by atoms with Crippen molar-refractivity contribution < 1.29 is 22.6 Å². The molecule has 0 unspecified atom stereocenters. The van der Waals surface area contributed by atoms with Crippen molar-refractivity contribution in [3.05, 3.63) is 65.7 Å².